The van der Waals surface area contributed by atoms with E-state index in [1.165, 1.54) is 19.3 Å². The quantitative estimate of drug-likeness (QED) is 0.226. The van der Waals surface area contributed by atoms with E-state index in [0.717, 1.165) is 32.1 Å². The average Bonchev–Trinajstić information content (AvgIpc) is 3.15. The molecule has 4 fully saturated rings. The van der Waals surface area contributed by atoms with Crippen molar-refractivity contribution in [3.8, 4) is 0 Å². The van der Waals surface area contributed by atoms with E-state index in [1.54, 1.807) is 0 Å². The van der Waals surface area contributed by atoms with Gasteiger partial charge in [0.05, 0.1) is 12.7 Å². The molecule has 0 aliphatic heterocycles. The summed E-state index contributed by atoms with van der Waals surface area (Å²) < 4.78 is 42.7. The van der Waals surface area contributed by atoms with Crippen molar-refractivity contribution in [1.29, 1.82) is 0 Å². The lowest BCUT2D eigenvalue weighted by Gasteiger charge is -2.65. The van der Waals surface area contributed by atoms with Crippen LogP contribution < -0.4 is 0 Å². The van der Waals surface area contributed by atoms with Crippen molar-refractivity contribution in [3.05, 3.63) is 0 Å². The summed E-state index contributed by atoms with van der Waals surface area (Å²) in [6, 6.07) is 0. The maximum Gasteiger partial charge on any atom is 0.397 e. The summed E-state index contributed by atoms with van der Waals surface area (Å²) in [6.45, 7) is 21.3. The van der Waals surface area contributed by atoms with E-state index in [4.69, 9.17) is 8.98 Å². The van der Waals surface area contributed by atoms with Gasteiger partial charge in [0, 0.05) is 6.10 Å². The first-order chi connectivity index (χ1) is 17.9. The van der Waals surface area contributed by atoms with Crippen molar-refractivity contribution in [2.24, 2.45) is 52.3 Å². The molecule has 0 heterocycles. The Bertz CT molecular complexity index is 978. The second-order valence-electron chi connectivity index (χ2n) is 16.0. The van der Waals surface area contributed by atoms with Crippen LogP contribution in [-0.4, -0.2) is 45.2 Å². The monoisotopic (exact) mass is 586 g/mol. The van der Waals surface area contributed by atoms with Crippen LogP contribution in [0.25, 0.3) is 0 Å². The molecule has 8 heteroatoms. The van der Waals surface area contributed by atoms with Crippen molar-refractivity contribution in [2.45, 2.75) is 137 Å². The van der Waals surface area contributed by atoms with Crippen molar-refractivity contribution in [2.75, 3.05) is 6.61 Å². The van der Waals surface area contributed by atoms with Crippen LogP contribution in [0.4, 0.5) is 0 Å². The molecule has 0 aromatic heterocycles. The zero-order valence-electron chi connectivity index (χ0n) is 26.2. The zero-order chi connectivity index (χ0) is 29.2. The van der Waals surface area contributed by atoms with Gasteiger partial charge in [0.15, 0.2) is 8.32 Å². The van der Waals surface area contributed by atoms with Gasteiger partial charge < -0.3 is 9.53 Å². The highest BCUT2D eigenvalue weighted by Gasteiger charge is 2.65. The van der Waals surface area contributed by atoms with Gasteiger partial charge in [-0.2, -0.15) is 8.42 Å². The SMILES string of the molecule is CC[C@H]1[C@@H](O)C2C3CC[C@H]([C@H](C)CCOS(=O)(=O)O)[C@@]3(C)CCC2[C@@]2(C)CC[C@@H](O[Si](C)(C)C(C)(C)C)C[C@@H]12. The summed E-state index contributed by atoms with van der Waals surface area (Å²) in [7, 11) is -6.24. The zero-order valence-corrected chi connectivity index (χ0v) is 28.0. The Morgan fingerprint density at radius 1 is 1.00 bits per heavy atom. The van der Waals surface area contributed by atoms with Crippen molar-refractivity contribution < 1.29 is 26.7 Å². The number of rotatable bonds is 8. The van der Waals surface area contributed by atoms with E-state index < -0.39 is 18.7 Å². The Labute approximate surface area is 240 Å². The minimum atomic E-state index is -4.39. The Hall–Kier alpha value is 0.00688. The normalized spacial score (nSPS) is 43.9. The summed E-state index contributed by atoms with van der Waals surface area (Å²) in [5.41, 5.74) is 0.413. The molecule has 0 radical (unpaired) electrons. The van der Waals surface area contributed by atoms with Crippen LogP contribution in [-0.2, 0) is 19.0 Å². The molecule has 0 bridgehead atoms. The summed E-state index contributed by atoms with van der Waals surface area (Å²) in [5, 5.41) is 12.3. The lowest BCUT2D eigenvalue weighted by atomic mass is 9.41. The Morgan fingerprint density at radius 2 is 1.62 bits per heavy atom. The first-order valence-electron chi connectivity index (χ1n) is 15.8. The Kier molecular flexibility index (Phi) is 8.95. The predicted octanol–water partition coefficient (Wildman–Crippen LogP) is 7.49. The maximum atomic E-state index is 12.1. The third-order valence-electron chi connectivity index (χ3n) is 13.2. The Balaban J connectivity index is 1.53. The minimum absolute atomic E-state index is 0.0295. The first-order valence-corrected chi connectivity index (χ1v) is 20.1. The van der Waals surface area contributed by atoms with Gasteiger partial charge in [0.1, 0.15) is 0 Å². The minimum Gasteiger partial charge on any atom is -0.414 e. The molecule has 6 nitrogen and oxygen atoms in total. The van der Waals surface area contributed by atoms with Crippen LogP contribution in [0.3, 0.4) is 0 Å². The molecule has 3 unspecified atom stereocenters. The number of hydrogen-bond acceptors (Lipinski definition) is 5. The Morgan fingerprint density at radius 3 is 2.21 bits per heavy atom. The number of aliphatic hydroxyl groups excluding tert-OH is 1. The first kappa shape index (κ1) is 31.9. The topological polar surface area (TPSA) is 93.1 Å². The largest absolute Gasteiger partial charge is 0.414 e. The number of aliphatic hydroxyl groups is 1. The molecule has 0 saturated heterocycles. The van der Waals surface area contributed by atoms with Gasteiger partial charge in [-0.25, -0.2) is 4.18 Å². The second-order valence-corrected chi connectivity index (χ2v) is 21.8. The van der Waals surface area contributed by atoms with Gasteiger partial charge in [0.25, 0.3) is 0 Å². The third kappa shape index (κ3) is 5.82. The number of fused-ring (bicyclic) bond motifs is 5. The smallest absolute Gasteiger partial charge is 0.397 e. The molecule has 2 N–H and O–H groups in total. The van der Waals surface area contributed by atoms with Crippen LogP contribution in [0.5, 0.6) is 0 Å². The molecule has 0 amide bonds. The van der Waals surface area contributed by atoms with Gasteiger partial charge in [-0.15, -0.1) is 0 Å². The summed E-state index contributed by atoms with van der Waals surface area (Å²) in [4.78, 5) is 0. The van der Waals surface area contributed by atoms with Gasteiger partial charge in [-0.3, -0.25) is 4.55 Å². The fourth-order valence-electron chi connectivity index (χ4n) is 10.2. The van der Waals surface area contributed by atoms with Crippen molar-refractivity contribution in [1.82, 2.24) is 0 Å². The molecule has 0 aromatic carbocycles. The van der Waals surface area contributed by atoms with Gasteiger partial charge in [0.2, 0.25) is 0 Å². The molecule has 4 saturated carbocycles. The second kappa shape index (κ2) is 10.9. The molecular formula is C31H58O6SSi. The van der Waals surface area contributed by atoms with Gasteiger partial charge >= 0.3 is 10.4 Å². The standard InChI is InChI=1S/C31H58O6SSi/c1-10-22-26-19-21(37-39(8,9)29(3,4)5)13-16-31(26,7)25-14-17-30(6)23(11-12-24(30)27(25)28(22)32)20(2)15-18-36-38(33,34)35/h20-28,32H,10-19H2,1-9H3,(H,33,34,35)/t20-,21-,22-,23-,24?,25?,26+,27?,28-,30-,31-/m1/s1. The van der Waals surface area contributed by atoms with E-state index in [1.807, 2.05) is 0 Å². The summed E-state index contributed by atoms with van der Waals surface area (Å²) >= 11 is 0. The molecule has 4 aliphatic carbocycles. The van der Waals surface area contributed by atoms with Crippen molar-refractivity contribution >= 4 is 18.7 Å². The van der Waals surface area contributed by atoms with Crippen LogP contribution in [0, 0.1) is 52.3 Å². The summed E-state index contributed by atoms with van der Waals surface area (Å²) in [6.07, 6.45) is 9.78. The molecule has 39 heavy (non-hydrogen) atoms. The highest BCUT2D eigenvalue weighted by Crippen LogP contribution is 2.69. The molecule has 228 valence electrons. The lowest BCUT2D eigenvalue weighted by molar-refractivity contribution is -0.202. The fourth-order valence-corrected chi connectivity index (χ4v) is 11.9. The molecule has 4 rings (SSSR count). The highest BCUT2D eigenvalue weighted by molar-refractivity contribution is 7.80. The lowest BCUT2D eigenvalue weighted by Crippen LogP contribution is -2.62. The van der Waals surface area contributed by atoms with E-state index in [2.05, 4.69) is 65.7 Å². The maximum absolute atomic E-state index is 12.1. The third-order valence-corrected chi connectivity index (χ3v) is 18.2. The molecule has 4 aliphatic rings. The predicted molar refractivity (Wildman–Crippen MR) is 159 cm³/mol. The van der Waals surface area contributed by atoms with E-state index in [0.29, 0.717) is 54.0 Å². The van der Waals surface area contributed by atoms with E-state index in [-0.39, 0.29) is 28.6 Å². The molecule has 0 spiro atoms. The van der Waals surface area contributed by atoms with E-state index >= 15 is 0 Å². The van der Waals surface area contributed by atoms with Crippen LogP contribution in [0.2, 0.25) is 18.1 Å². The molecule has 11 atom stereocenters. The molecule has 0 aromatic rings. The van der Waals surface area contributed by atoms with Crippen LogP contribution >= 0.6 is 0 Å². The fraction of sp³-hybridized carbons (Fsp3) is 1.00. The highest BCUT2D eigenvalue weighted by atomic mass is 32.3. The molecular weight excluding hydrogens is 528 g/mol. The van der Waals surface area contributed by atoms with Gasteiger partial charge in [-0.05, 0) is 122 Å². The van der Waals surface area contributed by atoms with Crippen LogP contribution in [0.15, 0.2) is 0 Å². The van der Waals surface area contributed by atoms with Gasteiger partial charge in [-0.1, -0.05) is 54.9 Å². The van der Waals surface area contributed by atoms with Crippen molar-refractivity contribution in [3.63, 3.8) is 0 Å². The van der Waals surface area contributed by atoms with E-state index in [9.17, 15) is 13.5 Å². The van der Waals surface area contributed by atoms with Crippen LogP contribution in [0.1, 0.15) is 106 Å². The average molecular weight is 587 g/mol. The summed E-state index contributed by atoms with van der Waals surface area (Å²) in [5.74, 6) is 3.05. The number of hydrogen-bond donors (Lipinski definition) is 2.